The van der Waals surface area contributed by atoms with Crippen molar-refractivity contribution in [2.75, 3.05) is 13.1 Å². The number of fused-ring (bicyclic) bond motifs is 4. The molecule has 3 N–H and O–H groups in total. The van der Waals surface area contributed by atoms with Crippen LogP contribution < -0.4 is 10.1 Å². The van der Waals surface area contributed by atoms with Gasteiger partial charge in [-0.05, 0) is 30.2 Å². The fourth-order valence-electron chi connectivity index (χ4n) is 3.10. The standard InChI is InChI=1S/C14H15N3O9S/c1-2-15-13(20)25-7-3-4-8-9(5-7)10-6-16(11(8)12(18)19)14(21)17(10)26-27(22,23)24/h3-5,10-11H,2,6H2,1H3,(H,15,20)(H,18,19)(H,22,23,24)/t10-,11-/m1/s1. The molecule has 2 bridgehead atoms. The van der Waals surface area contributed by atoms with Gasteiger partial charge in [0.25, 0.3) is 0 Å². The molecular formula is C14H15N3O9S. The van der Waals surface area contributed by atoms with Crippen molar-refractivity contribution in [1.29, 1.82) is 0 Å². The van der Waals surface area contributed by atoms with Gasteiger partial charge in [0.05, 0.1) is 6.54 Å². The molecule has 27 heavy (non-hydrogen) atoms. The Morgan fingerprint density at radius 3 is 2.63 bits per heavy atom. The lowest BCUT2D eigenvalue weighted by atomic mass is 9.91. The number of carboxylic acid groups (broad SMARTS) is 1. The van der Waals surface area contributed by atoms with E-state index in [9.17, 15) is 27.9 Å². The summed E-state index contributed by atoms with van der Waals surface area (Å²) in [5, 5.41) is 12.3. The van der Waals surface area contributed by atoms with Crippen molar-refractivity contribution >= 4 is 28.5 Å². The highest BCUT2D eigenvalue weighted by atomic mass is 32.3. The van der Waals surface area contributed by atoms with E-state index in [1.54, 1.807) is 6.92 Å². The first-order valence-corrected chi connectivity index (χ1v) is 9.08. The summed E-state index contributed by atoms with van der Waals surface area (Å²) in [7, 11) is -5.02. The number of carboxylic acids is 1. The number of hydrogen-bond donors (Lipinski definition) is 3. The van der Waals surface area contributed by atoms with Crippen molar-refractivity contribution in [2.45, 2.75) is 19.0 Å². The monoisotopic (exact) mass is 401 g/mol. The largest absolute Gasteiger partial charge is 0.479 e. The third-order valence-electron chi connectivity index (χ3n) is 4.05. The van der Waals surface area contributed by atoms with Gasteiger partial charge >= 0.3 is 28.5 Å². The van der Waals surface area contributed by atoms with Crippen LogP contribution in [0.2, 0.25) is 0 Å². The summed E-state index contributed by atoms with van der Waals surface area (Å²) >= 11 is 0. The second-order valence-electron chi connectivity index (χ2n) is 5.73. The third kappa shape index (κ3) is 3.51. The molecule has 12 nitrogen and oxygen atoms in total. The Bertz CT molecular complexity index is 916. The molecule has 1 aromatic carbocycles. The number of amides is 3. The smallest absolute Gasteiger partial charge is 0.418 e. The number of hydroxylamine groups is 2. The maximum absolute atomic E-state index is 12.4. The van der Waals surface area contributed by atoms with Gasteiger partial charge in [0.15, 0.2) is 6.04 Å². The maximum atomic E-state index is 12.4. The molecule has 2 aliphatic heterocycles. The number of rotatable bonds is 5. The van der Waals surface area contributed by atoms with Crippen LogP contribution in [0.1, 0.15) is 30.1 Å². The molecule has 2 heterocycles. The Hall–Kier alpha value is -2.90. The van der Waals surface area contributed by atoms with E-state index >= 15 is 0 Å². The van der Waals surface area contributed by atoms with Gasteiger partial charge in [-0.1, -0.05) is 6.07 Å². The highest BCUT2D eigenvalue weighted by Gasteiger charge is 2.52. The molecule has 1 saturated heterocycles. The normalized spacial score (nSPS) is 21.0. The van der Waals surface area contributed by atoms with Gasteiger partial charge < -0.3 is 20.1 Å². The number of hydrogen-bond acceptors (Lipinski definition) is 7. The number of urea groups is 1. The van der Waals surface area contributed by atoms with Crippen molar-refractivity contribution in [3.05, 3.63) is 29.3 Å². The summed E-state index contributed by atoms with van der Waals surface area (Å²) in [4.78, 5) is 36.5. The maximum Gasteiger partial charge on any atom is 0.418 e. The average Bonchev–Trinajstić information content (AvgIpc) is 2.81. The van der Waals surface area contributed by atoms with Gasteiger partial charge in [0.1, 0.15) is 11.8 Å². The van der Waals surface area contributed by atoms with Crippen molar-refractivity contribution in [1.82, 2.24) is 15.3 Å². The second-order valence-corrected chi connectivity index (χ2v) is 6.73. The number of carbonyl (C=O) groups is 3. The van der Waals surface area contributed by atoms with Crippen molar-refractivity contribution in [3.63, 3.8) is 0 Å². The fraction of sp³-hybridized carbons (Fsp3) is 0.357. The molecule has 146 valence electrons. The minimum absolute atomic E-state index is 0.0587. The number of ether oxygens (including phenoxy) is 1. The first-order chi connectivity index (χ1) is 12.6. The van der Waals surface area contributed by atoms with Crippen LogP contribution in [0.3, 0.4) is 0 Å². The SMILES string of the molecule is CCNC(=O)Oc1ccc2c(c1)[C@H]1CN(C(=O)N1OS(=O)(=O)O)[C@H]2C(=O)O. The molecule has 2 atom stereocenters. The van der Waals surface area contributed by atoms with E-state index in [0.717, 1.165) is 4.90 Å². The Kier molecular flexibility index (Phi) is 4.67. The quantitative estimate of drug-likeness (QED) is 0.594. The predicted molar refractivity (Wildman–Crippen MR) is 85.8 cm³/mol. The molecule has 2 aliphatic rings. The molecular weight excluding hydrogens is 386 g/mol. The van der Waals surface area contributed by atoms with E-state index in [-0.39, 0.29) is 23.4 Å². The average molecular weight is 401 g/mol. The zero-order valence-corrected chi connectivity index (χ0v) is 14.7. The minimum atomic E-state index is -5.02. The van der Waals surface area contributed by atoms with Crippen LogP contribution in [0.25, 0.3) is 0 Å². The minimum Gasteiger partial charge on any atom is -0.479 e. The summed E-state index contributed by atoms with van der Waals surface area (Å²) in [6.45, 7) is 1.82. The van der Waals surface area contributed by atoms with Crippen LogP contribution in [-0.2, 0) is 19.5 Å². The molecule has 1 fully saturated rings. The summed E-state index contributed by atoms with van der Waals surface area (Å²) < 4.78 is 40.4. The van der Waals surface area contributed by atoms with Gasteiger partial charge in [-0.25, -0.2) is 14.4 Å². The van der Waals surface area contributed by atoms with Crippen LogP contribution in [-0.4, -0.2) is 59.2 Å². The van der Waals surface area contributed by atoms with Gasteiger partial charge in [0, 0.05) is 6.54 Å². The van der Waals surface area contributed by atoms with Gasteiger partial charge in [-0.3, -0.25) is 4.55 Å². The second kappa shape index (κ2) is 6.68. The predicted octanol–water partition coefficient (Wildman–Crippen LogP) is 0.447. The van der Waals surface area contributed by atoms with Crippen LogP contribution in [0.5, 0.6) is 5.75 Å². The fourth-order valence-corrected chi connectivity index (χ4v) is 3.47. The Morgan fingerprint density at radius 1 is 1.33 bits per heavy atom. The molecule has 0 aromatic heterocycles. The lowest BCUT2D eigenvalue weighted by Crippen LogP contribution is -2.38. The van der Waals surface area contributed by atoms with E-state index in [2.05, 4.69) is 9.60 Å². The van der Waals surface area contributed by atoms with Gasteiger partial charge in [0.2, 0.25) is 0 Å². The summed E-state index contributed by atoms with van der Waals surface area (Å²) in [5.41, 5.74) is 0.423. The topological polar surface area (TPSA) is 163 Å². The first-order valence-electron chi connectivity index (χ1n) is 7.71. The zero-order valence-electron chi connectivity index (χ0n) is 13.9. The molecule has 0 spiro atoms. The number of nitrogens with one attached hydrogen (secondary N) is 1. The molecule has 0 aliphatic carbocycles. The summed E-state index contributed by atoms with van der Waals surface area (Å²) in [6, 6.07) is 0.592. The Balaban J connectivity index is 2.04. The van der Waals surface area contributed by atoms with Crippen molar-refractivity contribution < 1.29 is 41.5 Å². The summed E-state index contributed by atoms with van der Waals surface area (Å²) in [6.07, 6.45) is -0.738. The van der Waals surface area contributed by atoms with Crippen LogP contribution >= 0.6 is 0 Å². The first kappa shape index (κ1) is 18.9. The molecule has 0 unspecified atom stereocenters. The molecule has 1 aromatic rings. The number of nitrogens with zero attached hydrogens (tertiary/aromatic N) is 2. The molecule has 13 heteroatoms. The Labute approximate surface area is 153 Å². The van der Waals surface area contributed by atoms with E-state index in [1.165, 1.54) is 18.2 Å². The van der Waals surface area contributed by atoms with Crippen LogP contribution in [0.15, 0.2) is 18.2 Å². The van der Waals surface area contributed by atoms with Crippen LogP contribution in [0.4, 0.5) is 9.59 Å². The molecule has 3 rings (SSSR count). The summed E-state index contributed by atoms with van der Waals surface area (Å²) in [5.74, 6) is -1.28. The van der Waals surface area contributed by atoms with E-state index in [4.69, 9.17) is 9.29 Å². The number of benzene rings is 1. The molecule has 0 saturated carbocycles. The van der Waals surface area contributed by atoms with Gasteiger partial charge in [-0.15, -0.1) is 4.28 Å². The van der Waals surface area contributed by atoms with E-state index in [1.807, 2.05) is 0 Å². The zero-order chi connectivity index (χ0) is 19.9. The number of aliphatic carboxylic acids is 1. The van der Waals surface area contributed by atoms with E-state index < -0.39 is 40.6 Å². The third-order valence-corrected chi connectivity index (χ3v) is 4.40. The highest BCUT2D eigenvalue weighted by molar-refractivity contribution is 7.80. The van der Waals surface area contributed by atoms with Crippen molar-refractivity contribution in [3.8, 4) is 5.75 Å². The molecule has 3 amide bonds. The molecule has 0 radical (unpaired) electrons. The van der Waals surface area contributed by atoms with Gasteiger partial charge in [-0.2, -0.15) is 13.5 Å². The number of carbonyl (C=O) groups excluding carboxylic acids is 2. The lowest BCUT2D eigenvalue weighted by Gasteiger charge is -2.30. The highest BCUT2D eigenvalue weighted by Crippen LogP contribution is 2.45. The lowest BCUT2D eigenvalue weighted by molar-refractivity contribution is -0.142. The van der Waals surface area contributed by atoms with Crippen molar-refractivity contribution in [2.24, 2.45) is 0 Å². The van der Waals surface area contributed by atoms with E-state index in [0.29, 0.717) is 11.6 Å². The van der Waals surface area contributed by atoms with Crippen LogP contribution in [0, 0.1) is 0 Å². The Morgan fingerprint density at radius 2 is 2.04 bits per heavy atom.